The van der Waals surface area contributed by atoms with Crippen LogP contribution in [-0.2, 0) is 4.79 Å². The number of para-hydroxylation sites is 1. The summed E-state index contributed by atoms with van der Waals surface area (Å²) in [5, 5.41) is 3.61. The third-order valence-corrected chi connectivity index (χ3v) is 3.97. The second-order valence-corrected chi connectivity index (χ2v) is 6.39. The van der Waals surface area contributed by atoms with Crippen LogP contribution in [0.15, 0.2) is 18.2 Å². The lowest BCUT2D eigenvalue weighted by atomic mass is 10.0. The summed E-state index contributed by atoms with van der Waals surface area (Å²) < 4.78 is 0. The molecule has 4 nitrogen and oxygen atoms in total. The highest BCUT2D eigenvalue weighted by molar-refractivity contribution is 6.39. The Hall–Kier alpha value is -0.810. The van der Waals surface area contributed by atoms with E-state index in [4.69, 9.17) is 28.9 Å². The first-order chi connectivity index (χ1) is 9.81. The van der Waals surface area contributed by atoms with Crippen LogP contribution in [0.25, 0.3) is 0 Å². The number of anilines is 1. The molecule has 0 aromatic heterocycles. The van der Waals surface area contributed by atoms with Crippen LogP contribution in [0.2, 0.25) is 10.0 Å². The van der Waals surface area contributed by atoms with Crippen molar-refractivity contribution in [2.24, 2.45) is 11.7 Å². The zero-order chi connectivity index (χ0) is 16.0. The molecule has 6 heteroatoms. The number of nitrogens with zero attached hydrogens (tertiary/aromatic N) is 1. The lowest BCUT2D eigenvalue weighted by Gasteiger charge is -2.21. The SMILES string of the molecule is CC(C)C(N)CCN(C)CC(=O)Nc1c(Cl)cccc1Cl. The van der Waals surface area contributed by atoms with Gasteiger partial charge < -0.3 is 11.1 Å². The van der Waals surface area contributed by atoms with Gasteiger partial charge in [0.2, 0.25) is 5.91 Å². The summed E-state index contributed by atoms with van der Waals surface area (Å²) in [5.74, 6) is 0.291. The van der Waals surface area contributed by atoms with Gasteiger partial charge in [-0.2, -0.15) is 0 Å². The van der Waals surface area contributed by atoms with Crippen molar-refractivity contribution in [3.8, 4) is 0 Å². The van der Waals surface area contributed by atoms with Crippen LogP contribution < -0.4 is 11.1 Å². The van der Waals surface area contributed by atoms with Crippen molar-refractivity contribution in [1.29, 1.82) is 0 Å². The minimum absolute atomic E-state index is 0.147. The van der Waals surface area contributed by atoms with Crippen LogP contribution in [0.3, 0.4) is 0 Å². The van der Waals surface area contributed by atoms with Crippen LogP contribution in [0.1, 0.15) is 20.3 Å². The monoisotopic (exact) mass is 331 g/mol. The maximum atomic E-state index is 12.0. The largest absolute Gasteiger partial charge is 0.327 e. The molecular formula is C15H23Cl2N3O. The molecule has 1 aromatic carbocycles. The third kappa shape index (κ3) is 6.22. The second-order valence-electron chi connectivity index (χ2n) is 5.58. The van der Waals surface area contributed by atoms with Crippen molar-refractivity contribution in [3.63, 3.8) is 0 Å². The van der Waals surface area contributed by atoms with E-state index in [0.717, 1.165) is 13.0 Å². The third-order valence-electron chi connectivity index (χ3n) is 3.34. The first-order valence-corrected chi connectivity index (χ1v) is 7.74. The molecule has 118 valence electrons. The summed E-state index contributed by atoms with van der Waals surface area (Å²) in [6.07, 6.45) is 0.855. The first kappa shape index (κ1) is 18.2. The van der Waals surface area contributed by atoms with Gasteiger partial charge in [-0.3, -0.25) is 9.69 Å². The van der Waals surface area contributed by atoms with E-state index in [1.165, 1.54) is 0 Å². The molecule has 0 bridgehead atoms. The molecule has 0 aliphatic heterocycles. The number of benzene rings is 1. The minimum atomic E-state index is -0.148. The number of hydrogen-bond acceptors (Lipinski definition) is 3. The van der Waals surface area contributed by atoms with Gasteiger partial charge in [-0.1, -0.05) is 43.1 Å². The lowest BCUT2D eigenvalue weighted by molar-refractivity contribution is -0.117. The standard InChI is InChI=1S/C15H23Cl2N3O/c1-10(2)13(18)7-8-20(3)9-14(21)19-15-11(16)5-4-6-12(15)17/h4-6,10,13H,7-9,18H2,1-3H3,(H,19,21). The normalized spacial score (nSPS) is 12.8. The Morgan fingerprint density at radius 1 is 1.33 bits per heavy atom. The van der Waals surface area contributed by atoms with Crippen LogP contribution in [0, 0.1) is 5.92 Å². The molecule has 1 amide bonds. The Labute approximate surface area is 136 Å². The Kier molecular flexibility index (Phi) is 7.46. The molecular weight excluding hydrogens is 309 g/mol. The predicted molar refractivity (Wildman–Crippen MR) is 90.0 cm³/mol. The van der Waals surface area contributed by atoms with E-state index in [1.807, 2.05) is 11.9 Å². The molecule has 0 aliphatic carbocycles. The number of halogens is 2. The molecule has 0 radical (unpaired) electrons. The number of carbonyl (C=O) groups excluding carboxylic acids is 1. The van der Waals surface area contributed by atoms with E-state index >= 15 is 0 Å². The molecule has 0 fully saturated rings. The van der Waals surface area contributed by atoms with E-state index in [2.05, 4.69) is 19.2 Å². The van der Waals surface area contributed by atoms with E-state index in [-0.39, 0.29) is 18.5 Å². The Morgan fingerprint density at radius 2 is 1.90 bits per heavy atom. The van der Waals surface area contributed by atoms with Crippen LogP contribution in [0.5, 0.6) is 0 Å². The van der Waals surface area contributed by atoms with E-state index in [9.17, 15) is 4.79 Å². The average Bonchev–Trinajstić information content (AvgIpc) is 2.40. The van der Waals surface area contributed by atoms with Gasteiger partial charge in [0, 0.05) is 6.04 Å². The number of likely N-dealkylation sites (N-methyl/N-ethyl adjacent to an activating group) is 1. The van der Waals surface area contributed by atoms with Gasteiger partial charge in [-0.05, 0) is 38.1 Å². The van der Waals surface area contributed by atoms with Gasteiger partial charge in [-0.25, -0.2) is 0 Å². The highest BCUT2D eigenvalue weighted by Crippen LogP contribution is 2.29. The molecule has 0 saturated carbocycles. The van der Waals surface area contributed by atoms with E-state index in [0.29, 0.717) is 21.7 Å². The highest BCUT2D eigenvalue weighted by atomic mass is 35.5. The number of rotatable bonds is 7. The number of nitrogens with two attached hydrogens (primary N) is 1. The molecule has 21 heavy (non-hydrogen) atoms. The van der Waals surface area contributed by atoms with Gasteiger partial charge in [0.25, 0.3) is 0 Å². The van der Waals surface area contributed by atoms with Crippen molar-refractivity contribution in [2.45, 2.75) is 26.3 Å². The maximum Gasteiger partial charge on any atom is 0.238 e. The second kappa shape index (κ2) is 8.59. The number of nitrogens with one attached hydrogen (secondary N) is 1. The van der Waals surface area contributed by atoms with Gasteiger partial charge in [0.05, 0.1) is 22.3 Å². The predicted octanol–water partition coefficient (Wildman–Crippen LogP) is 3.24. The lowest BCUT2D eigenvalue weighted by Crippen LogP contribution is -2.35. The van der Waals surface area contributed by atoms with E-state index in [1.54, 1.807) is 18.2 Å². The molecule has 1 unspecified atom stereocenters. The zero-order valence-electron chi connectivity index (χ0n) is 12.7. The quantitative estimate of drug-likeness (QED) is 0.806. The number of hydrogen-bond donors (Lipinski definition) is 2. The van der Waals surface area contributed by atoms with Crippen molar-refractivity contribution in [3.05, 3.63) is 28.2 Å². The minimum Gasteiger partial charge on any atom is -0.327 e. The summed E-state index contributed by atoms with van der Waals surface area (Å²) in [4.78, 5) is 13.9. The van der Waals surface area contributed by atoms with Gasteiger partial charge in [-0.15, -0.1) is 0 Å². The fraction of sp³-hybridized carbons (Fsp3) is 0.533. The molecule has 1 rings (SSSR count). The van der Waals surface area contributed by atoms with Gasteiger partial charge in [0.1, 0.15) is 0 Å². The smallest absolute Gasteiger partial charge is 0.238 e. The topological polar surface area (TPSA) is 58.4 Å². The van der Waals surface area contributed by atoms with Crippen LogP contribution in [-0.4, -0.2) is 37.0 Å². The Bertz CT molecular complexity index is 460. The Morgan fingerprint density at radius 3 is 2.43 bits per heavy atom. The first-order valence-electron chi connectivity index (χ1n) is 6.99. The number of carbonyl (C=O) groups is 1. The maximum absolute atomic E-state index is 12.0. The molecule has 3 N–H and O–H groups in total. The Balaban J connectivity index is 2.46. The van der Waals surface area contributed by atoms with Crippen molar-refractivity contribution >= 4 is 34.8 Å². The molecule has 0 spiro atoms. The van der Waals surface area contributed by atoms with E-state index < -0.39 is 0 Å². The van der Waals surface area contributed by atoms with Crippen molar-refractivity contribution in [2.75, 3.05) is 25.5 Å². The van der Waals surface area contributed by atoms with Gasteiger partial charge >= 0.3 is 0 Å². The fourth-order valence-corrected chi connectivity index (χ4v) is 2.32. The summed E-state index contributed by atoms with van der Waals surface area (Å²) >= 11 is 12.0. The highest BCUT2D eigenvalue weighted by Gasteiger charge is 2.13. The molecule has 0 heterocycles. The summed E-state index contributed by atoms with van der Waals surface area (Å²) in [6, 6.07) is 5.26. The number of amides is 1. The van der Waals surface area contributed by atoms with Gasteiger partial charge in [0.15, 0.2) is 0 Å². The molecule has 0 saturated heterocycles. The summed E-state index contributed by atoms with van der Waals surface area (Å²) in [6.45, 7) is 5.23. The fourth-order valence-electron chi connectivity index (χ4n) is 1.82. The summed E-state index contributed by atoms with van der Waals surface area (Å²) in [5.41, 5.74) is 6.45. The molecule has 1 aromatic rings. The van der Waals surface area contributed by atoms with Crippen LogP contribution >= 0.6 is 23.2 Å². The summed E-state index contributed by atoms with van der Waals surface area (Å²) in [7, 11) is 1.89. The zero-order valence-corrected chi connectivity index (χ0v) is 14.2. The van der Waals surface area contributed by atoms with Crippen molar-refractivity contribution < 1.29 is 4.79 Å². The average molecular weight is 332 g/mol. The molecule has 1 atom stereocenters. The van der Waals surface area contributed by atoms with Crippen LogP contribution in [0.4, 0.5) is 5.69 Å². The van der Waals surface area contributed by atoms with Crippen molar-refractivity contribution in [1.82, 2.24) is 4.90 Å². The molecule has 0 aliphatic rings.